The average Bonchev–Trinajstić information content (AvgIpc) is 3.19. The summed E-state index contributed by atoms with van der Waals surface area (Å²) in [6.07, 6.45) is 3.68. The van der Waals surface area contributed by atoms with Crippen molar-refractivity contribution in [1.82, 2.24) is 28.9 Å². The topological polar surface area (TPSA) is 70.5 Å². The third-order valence-corrected chi connectivity index (χ3v) is 5.49. The molecule has 0 spiro atoms. The van der Waals surface area contributed by atoms with E-state index in [0.29, 0.717) is 18.9 Å². The molecule has 0 bridgehead atoms. The van der Waals surface area contributed by atoms with Crippen LogP contribution in [0.2, 0.25) is 0 Å². The molecule has 0 saturated carbocycles. The first-order chi connectivity index (χ1) is 13.5. The van der Waals surface area contributed by atoms with Crippen molar-refractivity contribution in [3.63, 3.8) is 0 Å². The summed E-state index contributed by atoms with van der Waals surface area (Å²) in [5.41, 5.74) is 4.99. The monoisotopic (exact) mass is 472 g/mol. The molecule has 3 aromatic heterocycles. The van der Waals surface area contributed by atoms with Gasteiger partial charge in [0.1, 0.15) is 0 Å². The molecule has 5 rings (SSSR count). The fraction of sp³-hybridized carbons (Fsp3) is 0.200. The number of hydrogen-bond donors (Lipinski definition) is 0. The molecule has 0 amide bonds. The maximum atomic E-state index is 12.2. The molecule has 4 aromatic rings. The van der Waals surface area contributed by atoms with Crippen LogP contribution in [0.4, 0.5) is 0 Å². The van der Waals surface area contributed by atoms with E-state index in [4.69, 9.17) is 10.1 Å². The normalized spacial score (nSPS) is 11.8. The molecule has 29 heavy (non-hydrogen) atoms. The Morgan fingerprint density at radius 3 is 2.83 bits per heavy atom. The molecule has 9 heteroatoms. The van der Waals surface area contributed by atoms with E-state index in [1.165, 1.54) is 0 Å². The summed E-state index contributed by atoms with van der Waals surface area (Å²) in [4.78, 5) is 21.4. The molecule has 0 unspecified atom stereocenters. The SMILES string of the molecule is Cc1ccc(=O)n(Cc2nc3n(n2)Cc2c(C)ncn2-c2ccc(Br)cc2-3)c1.Cl. The van der Waals surface area contributed by atoms with Crippen molar-refractivity contribution < 1.29 is 0 Å². The Kier molecular flexibility index (Phi) is 4.92. The van der Waals surface area contributed by atoms with Crippen molar-refractivity contribution in [3.05, 3.63) is 80.5 Å². The first kappa shape index (κ1) is 19.6. The summed E-state index contributed by atoms with van der Waals surface area (Å²) in [5, 5.41) is 4.71. The number of imidazole rings is 1. The molecule has 0 radical (unpaired) electrons. The summed E-state index contributed by atoms with van der Waals surface area (Å²) >= 11 is 3.56. The lowest BCUT2D eigenvalue weighted by Gasteiger charge is -2.09. The van der Waals surface area contributed by atoms with E-state index in [9.17, 15) is 4.79 Å². The Morgan fingerprint density at radius 2 is 2.00 bits per heavy atom. The van der Waals surface area contributed by atoms with E-state index in [1.54, 1.807) is 10.6 Å². The van der Waals surface area contributed by atoms with Gasteiger partial charge in [-0.05, 0) is 37.6 Å². The van der Waals surface area contributed by atoms with Gasteiger partial charge >= 0.3 is 0 Å². The highest BCUT2D eigenvalue weighted by Crippen LogP contribution is 2.33. The van der Waals surface area contributed by atoms with Gasteiger partial charge in [0.25, 0.3) is 5.56 Å². The number of hydrogen-bond acceptors (Lipinski definition) is 4. The first-order valence-corrected chi connectivity index (χ1v) is 9.73. The van der Waals surface area contributed by atoms with Crippen molar-refractivity contribution in [3.8, 4) is 17.1 Å². The number of pyridine rings is 1. The lowest BCUT2D eigenvalue weighted by atomic mass is 10.1. The van der Waals surface area contributed by atoms with Gasteiger partial charge in [-0.15, -0.1) is 12.4 Å². The van der Waals surface area contributed by atoms with Crippen LogP contribution in [-0.4, -0.2) is 28.9 Å². The van der Waals surface area contributed by atoms with Gasteiger partial charge < -0.3 is 9.13 Å². The summed E-state index contributed by atoms with van der Waals surface area (Å²) in [6.45, 7) is 4.87. The molecule has 0 atom stereocenters. The van der Waals surface area contributed by atoms with Crippen LogP contribution in [0.3, 0.4) is 0 Å². The molecule has 0 saturated heterocycles. The number of rotatable bonds is 2. The summed E-state index contributed by atoms with van der Waals surface area (Å²) in [6, 6.07) is 9.50. The second-order valence-electron chi connectivity index (χ2n) is 6.99. The van der Waals surface area contributed by atoms with Crippen LogP contribution >= 0.6 is 28.3 Å². The van der Waals surface area contributed by atoms with Gasteiger partial charge in [0, 0.05) is 22.3 Å². The van der Waals surface area contributed by atoms with Crippen LogP contribution in [-0.2, 0) is 13.1 Å². The lowest BCUT2D eigenvalue weighted by molar-refractivity contribution is 0.641. The van der Waals surface area contributed by atoms with Crippen LogP contribution in [0.25, 0.3) is 17.1 Å². The standard InChI is InChI=1S/C20H17BrN6O.ClH/c1-12-3-6-19(28)25(8-12)10-18-23-20-15-7-14(21)4-5-16(15)26-11-22-13(2)17(26)9-27(20)24-18;/h3-8,11H,9-10H2,1-2H3;1H. The molecule has 0 aliphatic carbocycles. The Balaban J connectivity index is 0.00000205. The third kappa shape index (κ3) is 3.32. The average molecular weight is 474 g/mol. The van der Waals surface area contributed by atoms with Crippen LogP contribution < -0.4 is 5.56 Å². The Labute approximate surface area is 181 Å². The number of halogens is 2. The zero-order valence-electron chi connectivity index (χ0n) is 15.8. The highest BCUT2D eigenvalue weighted by atomic mass is 79.9. The van der Waals surface area contributed by atoms with E-state index >= 15 is 0 Å². The maximum absolute atomic E-state index is 12.2. The molecule has 7 nitrogen and oxygen atoms in total. The first-order valence-electron chi connectivity index (χ1n) is 8.93. The van der Waals surface area contributed by atoms with Crippen LogP contribution in [0, 0.1) is 13.8 Å². The number of aryl methyl sites for hydroxylation is 2. The van der Waals surface area contributed by atoms with E-state index < -0.39 is 0 Å². The molecule has 4 heterocycles. The van der Waals surface area contributed by atoms with Gasteiger partial charge in [-0.1, -0.05) is 22.0 Å². The van der Waals surface area contributed by atoms with Crippen LogP contribution in [0.15, 0.2) is 52.1 Å². The fourth-order valence-electron chi connectivity index (χ4n) is 3.59. The summed E-state index contributed by atoms with van der Waals surface area (Å²) in [5.74, 6) is 1.40. The second kappa shape index (κ2) is 7.27. The quantitative estimate of drug-likeness (QED) is 0.393. The highest BCUT2D eigenvalue weighted by molar-refractivity contribution is 9.10. The zero-order valence-corrected chi connectivity index (χ0v) is 18.2. The van der Waals surface area contributed by atoms with Crippen molar-refractivity contribution in [2.45, 2.75) is 26.9 Å². The predicted octanol–water partition coefficient (Wildman–Crippen LogP) is 3.50. The zero-order chi connectivity index (χ0) is 19.4. The molecular weight excluding hydrogens is 456 g/mol. The predicted molar refractivity (Wildman–Crippen MR) is 116 cm³/mol. The fourth-order valence-corrected chi connectivity index (χ4v) is 3.95. The van der Waals surface area contributed by atoms with Crippen molar-refractivity contribution in [2.24, 2.45) is 0 Å². The van der Waals surface area contributed by atoms with Crippen LogP contribution in [0.1, 0.15) is 22.8 Å². The van der Waals surface area contributed by atoms with E-state index in [1.807, 2.05) is 49.3 Å². The van der Waals surface area contributed by atoms with Crippen molar-refractivity contribution in [2.75, 3.05) is 0 Å². The number of nitrogens with zero attached hydrogens (tertiary/aromatic N) is 6. The van der Waals surface area contributed by atoms with Gasteiger partial charge in [-0.25, -0.2) is 14.6 Å². The molecule has 1 aromatic carbocycles. The Hall–Kier alpha value is -2.71. The smallest absolute Gasteiger partial charge is 0.250 e. The van der Waals surface area contributed by atoms with Gasteiger partial charge in [-0.3, -0.25) is 4.79 Å². The van der Waals surface area contributed by atoms with Gasteiger partial charge in [0.15, 0.2) is 11.6 Å². The molecule has 0 fully saturated rings. The van der Waals surface area contributed by atoms with Gasteiger partial charge in [0.2, 0.25) is 0 Å². The molecule has 148 valence electrons. The van der Waals surface area contributed by atoms with E-state index in [0.717, 1.165) is 38.5 Å². The minimum absolute atomic E-state index is 0. The maximum Gasteiger partial charge on any atom is 0.250 e. The second-order valence-corrected chi connectivity index (χ2v) is 7.91. The Morgan fingerprint density at radius 1 is 1.17 bits per heavy atom. The largest absolute Gasteiger partial charge is 0.308 e. The molecule has 1 aliphatic heterocycles. The minimum atomic E-state index is -0.0624. The van der Waals surface area contributed by atoms with Crippen molar-refractivity contribution >= 4 is 28.3 Å². The highest BCUT2D eigenvalue weighted by Gasteiger charge is 2.24. The van der Waals surface area contributed by atoms with Gasteiger partial charge in [-0.2, -0.15) is 5.10 Å². The molecule has 0 N–H and O–H groups in total. The van der Waals surface area contributed by atoms with Crippen molar-refractivity contribution in [1.29, 1.82) is 0 Å². The lowest BCUT2D eigenvalue weighted by Crippen LogP contribution is -2.20. The van der Waals surface area contributed by atoms with E-state index in [2.05, 4.69) is 31.5 Å². The Bertz CT molecular complexity index is 1290. The minimum Gasteiger partial charge on any atom is -0.308 e. The summed E-state index contributed by atoms with van der Waals surface area (Å²) < 4.78 is 6.60. The van der Waals surface area contributed by atoms with Crippen LogP contribution in [0.5, 0.6) is 0 Å². The number of benzene rings is 1. The number of fused-ring (bicyclic) bond motifs is 5. The summed E-state index contributed by atoms with van der Waals surface area (Å²) in [7, 11) is 0. The number of aromatic nitrogens is 6. The third-order valence-electron chi connectivity index (χ3n) is 4.99. The molecule has 1 aliphatic rings. The van der Waals surface area contributed by atoms with Gasteiger partial charge in [0.05, 0.1) is 36.5 Å². The molecular formula is C20H18BrClN6O. The van der Waals surface area contributed by atoms with E-state index in [-0.39, 0.29) is 18.0 Å².